The molecular formula is C26H34ClN6O5PS. The van der Waals surface area contributed by atoms with E-state index in [0.29, 0.717) is 47.8 Å². The molecule has 2 heterocycles. The van der Waals surface area contributed by atoms with E-state index in [0.717, 1.165) is 0 Å². The molecule has 0 saturated carbocycles. The van der Waals surface area contributed by atoms with Crippen molar-refractivity contribution in [3.05, 3.63) is 53.7 Å². The van der Waals surface area contributed by atoms with Crippen LogP contribution in [0.4, 0.5) is 23.1 Å². The van der Waals surface area contributed by atoms with Crippen molar-refractivity contribution in [2.24, 2.45) is 0 Å². The number of methoxy groups -OCH3 is 1. The van der Waals surface area contributed by atoms with E-state index in [1.165, 1.54) is 19.4 Å². The molecule has 216 valence electrons. The van der Waals surface area contributed by atoms with Crippen LogP contribution in [0, 0.1) is 0 Å². The minimum absolute atomic E-state index is 0.146. The third-order valence-electron chi connectivity index (χ3n) is 6.81. The SMILES string of the molecule is CNC(O)N1CCP(=O)(c2ccc(Nc3ncc(Cl)c(Nc4ccccc4S(=O)(=O)C(C)C)n3)c(OC)c2)CC1. The number of ether oxygens (including phenoxy) is 1. The summed E-state index contributed by atoms with van der Waals surface area (Å²) in [4.78, 5) is 10.7. The summed E-state index contributed by atoms with van der Waals surface area (Å²) in [6.45, 7) is 4.27. The van der Waals surface area contributed by atoms with Gasteiger partial charge in [-0.2, -0.15) is 4.98 Å². The molecule has 4 N–H and O–H groups in total. The minimum atomic E-state index is -3.56. The van der Waals surface area contributed by atoms with Crippen LogP contribution >= 0.6 is 18.7 Å². The first-order valence-corrected chi connectivity index (χ1v) is 16.7. The summed E-state index contributed by atoms with van der Waals surface area (Å²) in [5.41, 5.74) is 0.904. The molecule has 1 unspecified atom stereocenters. The van der Waals surface area contributed by atoms with Crippen LogP contribution in [0.1, 0.15) is 13.8 Å². The van der Waals surface area contributed by atoms with Crippen molar-refractivity contribution in [3.8, 4) is 5.75 Å². The third kappa shape index (κ3) is 6.43. The van der Waals surface area contributed by atoms with Gasteiger partial charge in [0, 0.05) is 30.7 Å². The molecule has 1 aliphatic heterocycles. The van der Waals surface area contributed by atoms with Crippen LogP contribution in [-0.4, -0.2) is 79.6 Å². The predicted molar refractivity (Wildman–Crippen MR) is 159 cm³/mol. The Balaban J connectivity index is 1.56. The molecule has 0 radical (unpaired) electrons. The molecular weight excluding hydrogens is 575 g/mol. The molecule has 0 bridgehead atoms. The Bertz CT molecular complexity index is 1510. The highest BCUT2D eigenvalue weighted by molar-refractivity contribution is 7.92. The van der Waals surface area contributed by atoms with E-state index >= 15 is 0 Å². The van der Waals surface area contributed by atoms with Crippen LogP contribution in [0.25, 0.3) is 0 Å². The van der Waals surface area contributed by atoms with Gasteiger partial charge in [-0.3, -0.25) is 10.2 Å². The van der Waals surface area contributed by atoms with E-state index in [-0.39, 0.29) is 21.7 Å². The number of rotatable bonds is 10. The van der Waals surface area contributed by atoms with E-state index < -0.39 is 28.6 Å². The zero-order valence-corrected chi connectivity index (χ0v) is 25.2. The van der Waals surface area contributed by atoms with Crippen LogP contribution < -0.4 is 26.0 Å². The largest absolute Gasteiger partial charge is 0.495 e. The number of halogens is 1. The number of nitrogens with one attached hydrogen (secondary N) is 3. The van der Waals surface area contributed by atoms with Gasteiger partial charge in [-0.15, -0.1) is 0 Å². The molecule has 2 aromatic carbocycles. The molecule has 0 amide bonds. The average molecular weight is 609 g/mol. The van der Waals surface area contributed by atoms with Gasteiger partial charge in [-0.1, -0.05) is 23.7 Å². The van der Waals surface area contributed by atoms with E-state index in [9.17, 15) is 18.1 Å². The van der Waals surface area contributed by atoms with Crippen LogP contribution in [0.2, 0.25) is 5.02 Å². The van der Waals surface area contributed by atoms with Gasteiger partial charge in [0.25, 0.3) is 0 Å². The number of hydrogen-bond acceptors (Lipinski definition) is 11. The van der Waals surface area contributed by atoms with Crippen molar-refractivity contribution < 1.29 is 22.8 Å². The normalized spacial score (nSPS) is 16.5. The molecule has 0 spiro atoms. The number of aliphatic hydroxyl groups excluding tert-OH is 1. The van der Waals surface area contributed by atoms with Gasteiger partial charge in [-0.25, -0.2) is 13.4 Å². The number of hydrogen-bond donors (Lipinski definition) is 4. The number of sulfone groups is 1. The van der Waals surface area contributed by atoms with Crippen molar-refractivity contribution in [2.45, 2.75) is 30.3 Å². The average Bonchev–Trinajstić information content (AvgIpc) is 2.95. The summed E-state index contributed by atoms with van der Waals surface area (Å²) in [6.07, 6.45) is 1.54. The summed E-state index contributed by atoms with van der Waals surface area (Å²) in [5, 5.41) is 19.3. The molecule has 0 aliphatic carbocycles. The standard InChI is InChI=1S/C26H34ClN6O5PS/c1-17(2)40(36,37)23-8-6-5-7-21(23)30-24-19(27)16-29-25(32-24)31-20-10-9-18(15-22(20)38-4)39(35)13-11-33(12-14-39)26(34)28-3/h5-10,15-17,26,28,34H,11-14H2,1-4H3,(H2,29,30,31,32). The van der Waals surface area contributed by atoms with Crippen molar-refractivity contribution in [3.63, 3.8) is 0 Å². The van der Waals surface area contributed by atoms with Crippen LogP contribution in [0.3, 0.4) is 0 Å². The van der Waals surface area contributed by atoms with Gasteiger partial charge < -0.3 is 25.0 Å². The minimum Gasteiger partial charge on any atom is -0.495 e. The Morgan fingerprint density at radius 1 is 1.10 bits per heavy atom. The summed E-state index contributed by atoms with van der Waals surface area (Å²) < 4.78 is 45.0. The fourth-order valence-corrected chi connectivity index (χ4v) is 8.30. The van der Waals surface area contributed by atoms with Gasteiger partial charge >= 0.3 is 0 Å². The predicted octanol–water partition coefficient (Wildman–Crippen LogP) is 3.61. The number of benzene rings is 2. The topological polar surface area (TPSA) is 146 Å². The second-order valence-electron chi connectivity index (χ2n) is 9.65. The maximum Gasteiger partial charge on any atom is 0.229 e. The number of aliphatic hydroxyl groups is 1. The third-order valence-corrected chi connectivity index (χ3v) is 12.4. The van der Waals surface area contributed by atoms with Gasteiger partial charge in [0.05, 0.1) is 34.8 Å². The van der Waals surface area contributed by atoms with Crippen LogP contribution in [0.15, 0.2) is 53.6 Å². The molecule has 40 heavy (non-hydrogen) atoms. The Morgan fingerprint density at radius 3 is 2.45 bits per heavy atom. The van der Waals surface area contributed by atoms with E-state index in [2.05, 4.69) is 25.9 Å². The Morgan fingerprint density at radius 2 is 1.80 bits per heavy atom. The first-order chi connectivity index (χ1) is 19.0. The zero-order chi connectivity index (χ0) is 29.1. The van der Waals surface area contributed by atoms with Crippen LogP contribution in [-0.2, 0) is 14.4 Å². The maximum atomic E-state index is 13.7. The molecule has 1 aliphatic rings. The summed E-state index contributed by atoms with van der Waals surface area (Å²) in [7, 11) is -3.03. The Kier molecular flexibility index (Phi) is 9.39. The molecule has 4 rings (SSSR count). The smallest absolute Gasteiger partial charge is 0.229 e. The van der Waals surface area contributed by atoms with Crippen molar-refractivity contribution in [1.29, 1.82) is 0 Å². The summed E-state index contributed by atoms with van der Waals surface area (Å²) in [5.74, 6) is 0.885. The Labute approximate surface area is 239 Å². The highest BCUT2D eigenvalue weighted by Crippen LogP contribution is 2.47. The molecule has 1 fully saturated rings. The number of anilines is 4. The van der Waals surface area contributed by atoms with Gasteiger partial charge in [0.1, 0.15) is 17.9 Å². The number of nitrogens with zero attached hydrogens (tertiary/aromatic N) is 3. The molecule has 1 aromatic heterocycles. The van der Waals surface area contributed by atoms with E-state index in [4.69, 9.17) is 16.3 Å². The lowest BCUT2D eigenvalue weighted by atomic mass is 10.3. The van der Waals surface area contributed by atoms with Crippen molar-refractivity contribution in [2.75, 3.05) is 50.2 Å². The molecule has 1 saturated heterocycles. The summed E-state index contributed by atoms with van der Waals surface area (Å²) in [6, 6.07) is 11.9. The first-order valence-electron chi connectivity index (χ1n) is 12.7. The fraction of sp³-hybridized carbons (Fsp3) is 0.385. The molecule has 14 heteroatoms. The van der Waals surface area contributed by atoms with E-state index in [1.54, 1.807) is 57.3 Å². The first kappa shape index (κ1) is 30.2. The highest BCUT2D eigenvalue weighted by Gasteiger charge is 2.33. The van der Waals surface area contributed by atoms with Crippen molar-refractivity contribution >= 4 is 57.0 Å². The lowest BCUT2D eigenvalue weighted by Gasteiger charge is -2.35. The van der Waals surface area contributed by atoms with Crippen molar-refractivity contribution in [1.82, 2.24) is 20.2 Å². The Hall–Kier alpha value is -2.73. The van der Waals surface area contributed by atoms with E-state index in [1.807, 2.05) is 4.90 Å². The fourth-order valence-electron chi connectivity index (χ4n) is 4.36. The lowest BCUT2D eigenvalue weighted by Crippen LogP contribution is -2.49. The molecule has 3 aromatic rings. The monoisotopic (exact) mass is 608 g/mol. The van der Waals surface area contributed by atoms with Gasteiger partial charge in [-0.05, 0) is 51.2 Å². The molecule has 1 atom stereocenters. The van der Waals surface area contributed by atoms with Crippen LogP contribution in [0.5, 0.6) is 5.75 Å². The number of para-hydroxylation sites is 1. The van der Waals surface area contributed by atoms with Gasteiger partial charge in [0.2, 0.25) is 5.95 Å². The lowest BCUT2D eigenvalue weighted by molar-refractivity contribution is -0.0111. The highest BCUT2D eigenvalue weighted by atomic mass is 35.5. The van der Waals surface area contributed by atoms with Gasteiger partial charge in [0.15, 0.2) is 22.0 Å². The zero-order valence-electron chi connectivity index (χ0n) is 22.8. The molecule has 11 nitrogen and oxygen atoms in total. The quantitative estimate of drug-likeness (QED) is 0.198. The maximum absolute atomic E-state index is 13.7. The second kappa shape index (κ2) is 12.4. The summed E-state index contributed by atoms with van der Waals surface area (Å²) >= 11 is 6.35. The number of aromatic nitrogens is 2. The second-order valence-corrected chi connectivity index (χ2v) is 15.7.